The minimum absolute atomic E-state index is 0.0864. The summed E-state index contributed by atoms with van der Waals surface area (Å²) in [6, 6.07) is 0. The minimum Gasteiger partial charge on any atom is -0.462 e. The van der Waals surface area contributed by atoms with Gasteiger partial charge < -0.3 is 14.2 Å². The summed E-state index contributed by atoms with van der Waals surface area (Å²) >= 11 is 0. The largest absolute Gasteiger partial charge is 0.462 e. The molecule has 0 rings (SSSR count). The number of hydrogen-bond acceptors (Lipinski definition) is 6. The van der Waals surface area contributed by atoms with Gasteiger partial charge in [-0.25, -0.2) is 0 Å². The van der Waals surface area contributed by atoms with Gasteiger partial charge in [0.1, 0.15) is 13.2 Å². The lowest BCUT2D eigenvalue weighted by molar-refractivity contribution is -0.167. The molecule has 6 nitrogen and oxygen atoms in total. The zero-order valence-corrected chi connectivity index (χ0v) is 52.4. The molecule has 0 spiro atoms. The van der Waals surface area contributed by atoms with E-state index in [1.165, 1.54) is 199 Å². The quantitative estimate of drug-likeness (QED) is 0.0261. The fourth-order valence-corrected chi connectivity index (χ4v) is 9.80. The Morgan fingerprint density at radius 3 is 0.785 bits per heavy atom. The van der Waals surface area contributed by atoms with Crippen molar-refractivity contribution in [1.82, 2.24) is 0 Å². The average Bonchev–Trinajstić information content (AvgIpc) is 3.45. The first-order chi connectivity index (χ1) is 39.0. The van der Waals surface area contributed by atoms with E-state index >= 15 is 0 Å². The van der Waals surface area contributed by atoms with E-state index in [1.807, 2.05) is 0 Å². The topological polar surface area (TPSA) is 78.9 Å². The van der Waals surface area contributed by atoms with E-state index in [0.717, 1.165) is 103 Å². The fourth-order valence-electron chi connectivity index (χ4n) is 9.80. The summed E-state index contributed by atoms with van der Waals surface area (Å²) in [4.78, 5) is 38.1. The van der Waals surface area contributed by atoms with Crippen LogP contribution in [0.3, 0.4) is 0 Å². The number of carbonyl (C=O) groups is 3. The summed E-state index contributed by atoms with van der Waals surface area (Å²) in [6.45, 7) is 6.48. The number of carbonyl (C=O) groups excluding carboxylic acids is 3. The summed E-state index contributed by atoms with van der Waals surface area (Å²) < 4.78 is 16.8. The zero-order chi connectivity index (χ0) is 57.1. The normalized spacial score (nSPS) is 12.6. The number of hydrogen-bond donors (Lipinski definition) is 0. The maximum Gasteiger partial charge on any atom is 0.306 e. The number of ether oxygens (including phenoxy) is 3. The molecule has 0 aromatic rings. The first kappa shape index (κ1) is 75.6. The Balaban J connectivity index is 4.00. The molecule has 0 aliphatic carbocycles. The summed E-state index contributed by atoms with van der Waals surface area (Å²) in [7, 11) is 0. The predicted octanol–water partition coefficient (Wildman–Crippen LogP) is 23.4. The first-order valence-electron chi connectivity index (χ1n) is 34.1. The molecule has 0 aliphatic heterocycles. The molecular formula is C73H128O6. The molecule has 0 saturated heterocycles. The Hall–Kier alpha value is -3.41. The van der Waals surface area contributed by atoms with Gasteiger partial charge in [-0.05, 0) is 96.3 Å². The monoisotopic (exact) mass is 1100 g/mol. The Morgan fingerprint density at radius 1 is 0.266 bits per heavy atom. The molecule has 0 N–H and O–H groups in total. The van der Waals surface area contributed by atoms with Crippen molar-refractivity contribution in [2.75, 3.05) is 13.2 Å². The van der Waals surface area contributed by atoms with Crippen molar-refractivity contribution in [2.24, 2.45) is 0 Å². The van der Waals surface area contributed by atoms with E-state index in [2.05, 4.69) is 106 Å². The van der Waals surface area contributed by atoms with E-state index in [9.17, 15) is 14.4 Å². The van der Waals surface area contributed by atoms with Crippen molar-refractivity contribution in [3.05, 3.63) is 85.1 Å². The maximum absolute atomic E-state index is 12.8. The summed E-state index contributed by atoms with van der Waals surface area (Å²) in [5.41, 5.74) is 0. The molecule has 1 unspecified atom stereocenters. The van der Waals surface area contributed by atoms with Gasteiger partial charge >= 0.3 is 17.9 Å². The van der Waals surface area contributed by atoms with E-state index in [4.69, 9.17) is 14.2 Å². The molecule has 0 aliphatic rings. The number of allylic oxidation sites excluding steroid dienone is 14. The molecule has 0 aromatic heterocycles. The van der Waals surface area contributed by atoms with Crippen LogP contribution in [0.15, 0.2) is 85.1 Å². The van der Waals surface area contributed by atoms with Crippen molar-refractivity contribution in [1.29, 1.82) is 0 Å². The second-order valence-electron chi connectivity index (χ2n) is 22.7. The van der Waals surface area contributed by atoms with Crippen LogP contribution in [0.4, 0.5) is 0 Å². The van der Waals surface area contributed by atoms with E-state index < -0.39 is 6.10 Å². The van der Waals surface area contributed by atoms with Crippen LogP contribution in [-0.2, 0) is 28.6 Å². The van der Waals surface area contributed by atoms with E-state index in [0.29, 0.717) is 19.3 Å². The van der Waals surface area contributed by atoms with Gasteiger partial charge in [0.05, 0.1) is 0 Å². The van der Waals surface area contributed by atoms with Crippen LogP contribution < -0.4 is 0 Å². The van der Waals surface area contributed by atoms with Gasteiger partial charge in [0, 0.05) is 19.3 Å². The molecule has 0 aromatic carbocycles. The van der Waals surface area contributed by atoms with Crippen molar-refractivity contribution in [3.8, 4) is 0 Å². The van der Waals surface area contributed by atoms with Crippen LogP contribution in [0.1, 0.15) is 342 Å². The van der Waals surface area contributed by atoms with Gasteiger partial charge in [0.15, 0.2) is 6.10 Å². The van der Waals surface area contributed by atoms with Crippen LogP contribution in [0, 0.1) is 0 Å². The summed E-state index contributed by atoms with van der Waals surface area (Å²) in [6.07, 6.45) is 89.4. The first-order valence-corrected chi connectivity index (χ1v) is 34.1. The Bertz CT molecular complexity index is 1500. The highest BCUT2D eigenvalue weighted by molar-refractivity contribution is 5.71. The lowest BCUT2D eigenvalue weighted by Gasteiger charge is -2.18. The lowest BCUT2D eigenvalue weighted by atomic mass is 10.0. The Morgan fingerprint density at radius 2 is 0.494 bits per heavy atom. The lowest BCUT2D eigenvalue weighted by Crippen LogP contribution is -2.30. The van der Waals surface area contributed by atoms with Gasteiger partial charge in [-0.15, -0.1) is 0 Å². The van der Waals surface area contributed by atoms with E-state index in [1.54, 1.807) is 0 Å². The van der Waals surface area contributed by atoms with Crippen molar-refractivity contribution >= 4 is 17.9 Å². The third kappa shape index (κ3) is 65.3. The van der Waals surface area contributed by atoms with Crippen LogP contribution in [0.5, 0.6) is 0 Å². The second kappa shape index (κ2) is 67.1. The van der Waals surface area contributed by atoms with E-state index in [-0.39, 0.29) is 31.1 Å². The SMILES string of the molecule is CC/C=C\C/C=C\C/C=C\C/C=C\C/C=C\CCCCCC(=O)OC(COC(=O)CCCCCCCCC)COC(=O)CCCCCCCCCCCCCCCCCCCCCCCCC/C=C\C/C=C\CCCCCCC. The third-order valence-corrected chi connectivity index (χ3v) is 14.9. The molecule has 0 heterocycles. The van der Waals surface area contributed by atoms with Gasteiger partial charge in [-0.1, -0.05) is 311 Å². The van der Waals surface area contributed by atoms with Gasteiger partial charge in [0.25, 0.3) is 0 Å². The smallest absolute Gasteiger partial charge is 0.306 e. The second-order valence-corrected chi connectivity index (χ2v) is 22.7. The molecule has 0 bridgehead atoms. The van der Waals surface area contributed by atoms with Crippen molar-refractivity contribution in [2.45, 2.75) is 348 Å². The molecule has 0 fully saturated rings. The van der Waals surface area contributed by atoms with Crippen LogP contribution in [0.2, 0.25) is 0 Å². The average molecular weight is 1100 g/mol. The molecule has 0 amide bonds. The number of rotatable bonds is 62. The highest BCUT2D eigenvalue weighted by Crippen LogP contribution is 2.17. The van der Waals surface area contributed by atoms with Crippen molar-refractivity contribution < 1.29 is 28.6 Å². The van der Waals surface area contributed by atoms with Crippen molar-refractivity contribution in [3.63, 3.8) is 0 Å². The summed E-state index contributed by atoms with van der Waals surface area (Å²) in [5.74, 6) is -0.913. The highest BCUT2D eigenvalue weighted by atomic mass is 16.6. The zero-order valence-electron chi connectivity index (χ0n) is 52.4. The third-order valence-electron chi connectivity index (χ3n) is 14.9. The van der Waals surface area contributed by atoms with Gasteiger partial charge in [-0.3, -0.25) is 14.4 Å². The minimum atomic E-state index is -0.790. The van der Waals surface area contributed by atoms with Gasteiger partial charge in [0.2, 0.25) is 0 Å². The fraction of sp³-hybridized carbons (Fsp3) is 0.767. The number of unbranched alkanes of at least 4 members (excludes halogenated alkanes) is 37. The molecular weight excluding hydrogens is 973 g/mol. The molecule has 79 heavy (non-hydrogen) atoms. The predicted molar refractivity (Wildman–Crippen MR) is 344 cm³/mol. The highest BCUT2D eigenvalue weighted by Gasteiger charge is 2.19. The Kier molecular flexibility index (Phi) is 64.2. The van der Waals surface area contributed by atoms with Crippen LogP contribution >= 0.6 is 0 Å². The van der Waals surface area contributed by atoms with Crippen LogP contribution in [0.25, 0.3) is 0 Å². The maximum atomic E-state index is 12.8. The Labute approximate surface area is 490 Å². The molecule has 456 valence electrons. The number of esters is 3. The molecule has 1 atom stereocenters. The molecule has 6 heteroatoms. The molecule has 0 radical (unpaired) electrons. The van der Waals surface area contributed by atoms with Crippen LogP contribution in [-0.4, -0.2) is 37.2 Å². The standard InChI is InChI=1S/C73H128O6/c1-4-7-10-13-16-18-20-22-24-26-28-29-30-31-32-33-34-35-36-37-38-39-40-41-42-43-45-46-48-50-52-54-57-60-63-66-72(75)78-69-70(68-77-71(74)65-62-59-56-15-12-9-6-3)79-73(76)67-64-61-58-55-53-51-49-47-44-27-25-23-21-19-17-14-11-8-5-2/h8,11,17,19-20,22-23,25-26,28,44,47,51,53,70H,4-7,9-10,12-16,18,21,24,27,29-43,45-46,48-50,52,54-69H2,1-3H3/b11-8-,19-17-,22-20-,25-23-,28-26-,47-44-,53-51-. The van der Waals surface area contributed by atoms with Gasteiger partial charge in [-0.2, -0.15) is 0 Å². The molecule has 0 saturated carbocycles. The summed E-state index contributed by atoms with van der Waals surface area (Å²) in [5, 5.41) is 0.